The number of ether oxygens (including phenoxy) is 1. The van der Waals surface area contributed by atoms with Gasteiger partial charge < -0.3 is 15.0 Å². The van der Waals surface area contributed by atoms with E-state index in [1.165, 1.54) is 0 Å². The summed E-state index contributed by atoms with van der Waals surface area (Å²) in [6.07, 6.45) is 5.00. The molecule has 1 aliphatic heterocycles. The quantitative estimate of drug-likeness (QED) is 0.774. The maximum atomic E-state index is 12.6. The van der Waals surface area contributed by atoms with Gasteiger partial charge >= 0.3 is 0 Å². The lowest BCUT2D eigenvalue weighted by atomic mass is 9.97. The Morgan fingerprint density at radius 3 is 2.61 bits per heavy atom. The number of para-hydroxylation sites is 1. The molecule has 2 amide bonds. The monoisotopic (exact) mass is 378 g/mol. The maximum absolute atomic E-state index is 12.6. The number of rotatable bonds is 6. The Morgan fingerprint density at radius 2 is 1.89 bits per heavy atom. The molecule has 1 N–H and O–H groups in total. The van der Waals surface area contributed by atoms with Crippen LogP contribution >= 0.6 is 0 Å². The van der Waals surface area contributed by atoms with Crippen molar-refractivity contribution in [3.05, 3.63) is 66.2 Å². The van der Waals surface area contributed by atoms with Crippen molar-refractivity contribution in [2.24, 2.45) is 5.92 Å². The topological polar surface area (TPSA) is 58.6 Å². The number of hydrogen-bond acceptors (Lipinski definition) is 3. The van der Waals surface area contributed by atoms with Crippen molar-refractivity contribution >= 4 is 23.6 Å². The van der Waals surface area contributed by atoms with Crippen LogP contribution in [0.2, 0.25) is 0 Å². The maximum Gasteiger partial charge on any atom is 0.246 e. The summed E-state index contributed by atoms with van der Waals surface area (Å²) in [4.78, 5) is 26.8. The minimum Gasteiger partial charge on any atom is -0.494 e. The molecule has 1 unspecified atom stereocenters. The highest BCUT2D eigenvalue weighted by atomic mass is 16.5. The Morgan fingerprint density at radius 1 is 1.14 bits per heavy atom. The third-order valence-corrected chi connectivity index (χ3v) is 4.75. The van der Waals surface area contributed by atoms with E-state index < -0.39 is 0 Å². The molecule has 5 heteroatoms. The molecule has 0 spiro atoms. The number of carbonyl (C=O) groups is 2. The summed E-state index contributed by atoms with van der Waals surface area (Å²) in [6.45, 7) is 3.70. The number of nitrogens with zero attached hydrogens (tertiary/aromatic N) is 1. The van der Waals surface area contributed by atoms with Gasteiger partial charge in [-0.25, -0.2) is 0 Å². The van der Waals surface area contributed by atoms with E-state index in [0.29, 0.717) is 19.7 Å². The van der Waals surface area contributed by atoms with E-state index >= 15 is 0 Å². The first-order valence-electron chi connectivity index (χ1n) is 9.71. The first-order chi connectivity index (χ1) is 13.7. The van der Waals surface area contributed by atoms with Crippen LogP contribution in [0.5, 0.6) is 5.75 Å². The SMILES string of the molecule is CCOc1ccc(C=CC(=O)N2CCCC(C(=O)Nc3ccccc3)C2)cc1. The minimum atomic E-state index is -0.184. The van der Waals surface area contributed by atoms with E-state index in [9.17, 15) is 9.59 Å². The molecule has 0 aromatic heterocycles. The predicted molar refractivity (Wildman–Crippen MR) is 111 cm³/mol. The van der Waals surface area contributed by atoms with Crippen LogP contribution in [0, 0.1) is 5.92 Å². The molecule has 1 heterocycles. The van der Waals surface area contributed by atoms with Crippen LogP contribution in [0.3, 0.4) is 0 Å². The van der Waals surface area contributed by atoms with Gasteiger partial charge in [0.05, 0.1) is 12.5 Å². The highest BCUT2D eigenvalue weighted by Crippen LogP contribution is 2.20. The van der Waals surface area contributed by atoms with Gasteiger partial charge in [0.2, 0.25) is 11.8 Å². The van der Waals surface area contributed by atoms with Crippen LogP contribution in [-0.2, 0) is 9.59 Å². The van der Waals surface area contributed by atoms with E-state index in [1.807, 2.05) is 61.5 Å². The number of anilines is 1. The van der Waals surface area contributed by atoms with E-state index in [-0.39, 0.29) is 17.7 Å². The molecule has 1 saturated heterocycles. The van der Waals surface area contributed by atoms with Crippen molar-refractivity contribution in [3.8, 4) is 5.75 Å². The molecule has 1 atom stereocenters. The van der Waals surface area contributed by atoms with Crippen LogP contribution in [0.4, 0.5) is 5.69 Å². The largest absolute Gasteiger partial charge is 0.494 e. The molecule has 0 saturated carbocycles. The second-order valence-electron chi connectivity index (χ2n) is 6.81. The molecule has 0 radical (unpaired) electrons. The summed E-state index contributed by atoms with van der Waals surface area (Å²) in [7, 11) is 0. The fraction of sp³-hybridized carbons (Fsp3) is 0.304. The lowest BCUT2D eigenvalue weighted by Crippen LogP contribution is -2.43. The Balaban J connectivity index is 1.55. The zero-order valence-corrected chi connectivity index (χ0v) is 16.1. The second kappa shape index (κ2) is 9.74. The molecule has 0 bridgehead atoms. The standard InChI is InChI=1S/C23H26N2O3/c1-2-28-21-13-10-18(11-14-21)12-15-22(26)25-16-6-7-19(17-25)23(27)24-20-8-4-3-5-9-20/h3-5,8-15,19H,2,6-7,16-17H2,1H3,(H,24,27). The summed E-state index contributed by atoms with van der Waals surface area (Å²) in [5.41, 5.74) is 1.72. The van der Waals surface area contributed by atoms with Gasteiger partial charge in [-0.05, 0) is 55.7 Å². The minimum absolute atomic E-state index is 0.0285. The molecule has 28 heavy (non-hydrogen) atoms. The highest BCUT2D eigenvalue weighted by Gasteiger charge is 2.27. The number of benzene rings is 2. The summed E-state index contributed by atoms with van der Waals surface area (Å²) in [6, 6.07) is 17.0. The number of likely N-dealkylation sites (tertiary alicyclic amines) is 1. The van der Waals surface area contributed by atoms with Gasteiger partial charge in [0.1, 0.15) is 5.75 Å². The van der Waals surface area contributed by atoms with Crippen molar-refractivity contribution < 1.29 is 14.3 Å². The Kier molecular flexibility index (Phi) is 6.84. The zero-order chi connectivity index (χ0) is 19.8. The average Bonchev–Trinajstić information content (AvgIpc) is 2.74. The van der Waals surface area contributed by atoms with Crippen molar-refractivity contribution in [3.63, 3.8) is 0 Å². The fourth-order valence-electron chi connectivity index (χ4n) is 3.27. The number of nitrogens with one attached hydrogen (secondary N) is 1. The molecule has 1 aliphatic rings. The average molecular weight is 378 g/mol. The van der Waals surface area contributed by atoms with Gasteiger partial charge in [-0.2, -0.15) is 0 Å². The summed E-state index contributed by atoms with van der Waals surface area (Å²) in [5.74, 6) is 0.538. The van der Waals surface area contributed by atoms with E-state index in [0.717, 1.165) is 29.8 Å². The summed E-state index contributed by atoms with van der Waals surface area (Å²) in [5, 5.41) is 2.94. The molecular weight excluding hydrogens is 352 g/mol. The first-order valence-corrected chi connectivity index (χ1v) is 9.71. The molecule has 3 rings (SSSR count). The normalized spacial score (nSPS) is 16.8. The Labute approximate surface area is 166 Å². The van der Waals surface area contributed by atoms with Crippen LogP contribution in [0.25, 0.3) is 6.08 Å². The molecule has 1 fully saturated rings. The summed E-state index contributed by atoms with van der Waals surface area (Å²) >= 11 is 0. The van der Waals surface area contributed by atoms with E-state index in [1.54, 1.807) is 17.1 Å². The van der Waals surface area contributed by atoms with Crippen LogP contribution < -0.4 is 10.1 Å². The van der Waals surface area contributed by atoms with Gasteiger partial charge in [0, 0.05) is 24.9 Å². The van der Waals surface area contributed by atoms with Gasteiger partial charge in [-0.3, -0.25) is 9.59 Å². The molecular formula is C23H26N2O3. The first kappa shape index (κ1) is 19.7. The van der Waals surface area contributed by atoms with E-state index in [4.69, 9.17) is 4.74 Å². The van der Waals surface area contributed by atoms with Crippen LogP contribution in [-0.4, -0.2) is 36.4 Å². The fourth-order valence-corrected chi connectivity index (χ4v) is 3.27. The van der Waals surface area contributed by atoms with Crippen LogP contribution in [0.15, 0.2) is 60.7 Å². The Bertz CT molecular complexity index is 816. The third-order valence-electron chi connectivity index (χ3n) is 4.75. The van der Waals surface area contributed by atoms with Gasteiger partial charge in [0.15, 0.2) is 0 Å². The van der Waals surface area contributed by atoms with E-state index in [2.05, 4.69) is 5.32 Å². The van der Waals surface area contributed by atoms with Gasteiger partial charge in [-0.15, -0.1) is 0 Å². The number of piperidine rings is 1. The molecule has 5 nitrogen and oxygen atoms in total. The lowest BCUT2D eigenvalue weighted by Gasteiger charge is -2.31. The summed E-state index contributed by atoms with van der Waals surface area (Å²) < 4.78 is 5.42. The third kappa shape index (κ3) is 5.46. The highest BCUT2D eigenvalue weighted by molar-refractivity contribution is 5.95. The molecule has 0 aliphatic carbocycles. The smallest absolute Gasteiger partial charge is 0.246 e. The second-order valence-corrected chi connectivity index (χ2v) is 6.81. The van der Waals surface area contributed by atoms with Crippen molar-refractivity contribution in [2.75, 3.05) is 25.0 Å². The van der Waals surface area contributed by atoms with Gasteiger partial charge in [0.25, 0.3) is 0 Å². The molecule has 2 aromatic carbocycles. The van der Waals surface area contributed by atoms with Crippen molar-refractivity contribution in [1.29, 1.82) is 0 Å². The lowest BCUT2D eigenvalue weighted by molar-refractivity contribution is -0.130. The number of amides is 2. The van der Waals surface area contributed by atoms with Crippen molar-refractivity contribution in [1.82, 2.24) is 4.90 Å². The molecule has 146 valence electrons. The van der Waals surface area contributed by atoms with Crippen LogP contribution in [0.1, 0.15) is 25.3 Å². The predicted octanol–water partition coefficient (Wildman–Crippen LogP) is 3.98. The van der Waals surface area contributed by atoms with Gasteiger partial charge in [-0.1, -0.05) is 30.3 Å². The number of hydrogen-bond donors (Lipinski definition) is 1. The van der Waals surface area contributed by atoms with Crippen molar-refractivity contribution in [2.45, 2.75) is 19.8 Å². The Hall–Kier alpha value is -3.08. The number of carbonyl (C=O) groups excluding carboxylic acids is 2. The molecule has 2 aromatic rings. The zero-order valence-electron chi connectivity index (χ0n) is 16.1.